The molecule has 1 aliphatic carbocycles. The van der Waals surface area contributed by atoms with Gasteiger partial charge >= 0.3 is 0 Å². The molecule has 0 aliphatic heterocycles. The van der Waals surface area contributed by atoms with Crippen molar-refractivity contribution < 1.29 is 5.11 Å². The van der Waals surface area contributed by atoms with E-state index in [1.54, 1.807) is 6.07 Å². The Morgan fingerprint density at radius 3 is 2.65 bits per heavy atom. The van der Waals surface area contributed by atoms with Gasteiger partial charge in [-0.3, -0.25) is 0 Å². The fourth-order valence-corrected chi connectivity index (χ4v) is 3.08. The predicted molar refractivity (Wildman–Crippen MR) is 84.4 cm³/mol. The van der Waals surface area contributed by atoms with Crippen molar-refractivity contribution in [2.75, 3.05) is 17.6 Å². The third-order valence-electron chi connectivity index (χ3n) is 4.15. The first kappa shape index (κ1) is 15.7. The number of aromatic nitrogens is 1. The second-order valence-electron chi connectivity index (χ2n) is 5.62. The number of hydrogen-bond donors (Lipinski definition) is 3. The molecule has 1 heterocycles. The van der Waals surface area contributed by atoms with Crippen LogP contribution in [0.2, 0.25) is 10.0 Å². The van der Waals surface area contributed by atoms with E-state index in [1.807, 2.05) is 0 Å². The number of nitrogen functional groups attached to an aromatic ring is 1. The molecule has 0 atom stereocenters. The normalized spacial score (nSPS) is 26.5. The highest BCUT2D eigenvalue weighted by atomic mass is 35.5. The Hall–Kier alpha value is -0.710. The third-order valence-corrected chi connectivity index (χ3v) is 4.75. The minimum Gasteiger partial charge on any atom is -0.388 e. The highest BCUT2D eigenvalue weighted by molar-refractivity contribution is 6.37. The fourth-order valence-electron chi connectivity index (χ4n) is 2.65. The molecule has 1 aliphatic rings. The molecule has 0 spiro atoms. The van der Waals surface area contributed by atoms with Crippen molar-refractivity contribution in [2.24, 2.45) is 5.92 Å². The van der Waals surface area contributed by atoms with Crippen LogP contribution in [-0.4, -0.2) is 22.2 Å². The zero-order valence-corrected chi connectivity index (χ0v) is 13.1. The summed E-state index contributed by atoms with van der Waals surface area (Å²) in [6, 6.07) is 1.56. The third kappa shape index (κ3) is 3.68. The smallest absolute Gasteiger partial charge is 0.147 e. The minimum absolute atomic E-state index is 0.236. The molecule has 1 saturated carbocycles. The lowest BCUT2D eigenvalue weighted by Gasteiger charge is -2.36. The maximum absolute atomic E-state index is 10.6. The van der Waals surface area contributed by atoms with E-state index in [2.05, 4.69) is 17.2 Å². The highest BCUT2D eigenvalue weighted by Gasteiger charge is 2.32. The molecule has 1 aromatic rings. The van der Waals surface area contributed by atoms with Crippen LogP contribution in [0.25, 0.3) is 0 Å². The summed E-state index contributed by atoms with van der Waals surface area (Å²) in [7, 11) is 0. The Kier molecular flexibility index (Phi) is 4.99. The number of halogens is 2. The molecule has 4 nitrogen and oxygen atoms in total. The fraction of sp³-hybridized carbons (Fsp3) is 0.643. The van der Waals surface area contributed by atoms with Gasteiger partial charge in [0.1, 0.15) is 11.6 Å². The second-order valence-corrected chi connectivity index (χ2v) is 6.43. The molecule has 112 valence electrons. The predicted octanol–water partition coefficient (Wildman–Crippen LogP) is 3.71. The van der Waals surface area contributed by atoms with Crippen molar-refractivity contribution in [3.05, 3.63) is 16.1 Å². The van der Waals surface area contributed by atoms with Crippen LogP contribution in [0.1, 0.15) is 39.0 Å². The number of pyridine rings is 1. The topological polar surface area (TPSA) is 71.2 Å². The highest BCUT2D eigenvalue weighted by Crippen LogP contribution is 2.34. The lowest BCUT2D eigenvalue weighted by atomic mass is 9.78. The summed E-state index contributed by atoms with van der Waals surface area (Å²) in [5, 5.41) is 14.4. The number of nitrogens with zero attached hydrogens (tertiary/aromatic N) is 1. The molecular formula is C14H21Cl2N3O. The largest absolute Gasteiger partial charge is 0.388 e. The van der Waals surface area contributed by atoms with Gasteiger partial charge in [0.05, 0.1) is 15.6 Å². The molecule has 4 N–H and O–H groups in total. The van der Waals surface area contributed by atoms with Gasteiger partial charge in [-0.15, -0.1) is 0 Å². The van der Waals surface area contributed by atoms with E-state index in [-0.39, 0.29) is 5.82 Å². The summed E-state index contributed by atoms with van der Waals surface area (Å²) in [5.74, 6) is 1.45. The summed E-state index contributed by atoms with van der Waals surface area (Å²) in [6.45, 7) is 2.63. The maximum Gasteiger partial charge on any atom is 0.147 e. The van der Waals surface area contributed by atoms with E-state index < -0.39 is 5.60 Å². The average molecular weight is 318 g/mol. The Bertz CT molecular complexity index is 474. The summed E-state index contributed by atoms with van der Waals surface area (Å²) < 4.78 is 0. The first-order valence-electron chi connectivity index (χ1n) is 7.01. The number of rotatable bonds is 4. The molecule has 1 aromatic heterocycles. The van der Waals surface area contributed by atoms with Crippen molar-refractivity contribution in [1.82, 2.24) is 4.98 Å². The first-order chi connectivity index (χ1) is 9.43. The summed E-state index contributed by atoms with van der Waals surface area (Å²) in [4.78, 5) is 4.11. The molecule has 0 amide bonds. The maximum atomic E-state index is 10.6. The van der Waals surface area contributed by atoms with Gasteiger partial charge in [0.25, 0.3) is 0 Å². The van der Waals surface area contributed by atoms with Gasteiger partial charge in [0, 0.05) is 6.54 Å². The summed E-state index contributed by atoms with van der Waals surface area (Å²) >= 11 is 11.9. The van der Waals surface area contributed by atoms with Crippen LogP contribution in [0, 0.1) is 5.92 Å². The summed E-state index contributed by atoms with van der Waals surface area (Å²) in [6.07, 6.45) is 4.93. The van der Waals surface area contributed by atoms with Crippen LogP contribution in [0.4, 0.5) is 11.6 Å². The van der Waals surface area contributed by atoms with Crippen LogP contribution in [0.3, 0.4) is 0 Å². The molecule has 0 radical (unpaired) electrons. The Balaban J connectivity index is 1.97. The monoisotopic (exact) mass is 317 g/mol. The average Bonchev–Trinajstić information content (AvgIpc) is 2.42. The van der Waals surface area contributed by atoms with E-state index in [0.29, 0.717) is 22.4 Å². The van der Waals surface area contributed by atoms with Gasteiger partial charge in [-0.1, -0.05) is 36.5 Å². The van der Waals surface area contributed by atoms with Crippen molar-refractivity contribution in [3.63, 3.8) is 0 Å². The van der Waals surface area contributed by atoms with Crippen LogP contribution in [0.5, 0.6) is 0 Å². The van der Waals surface area contributed by atoms with E-state index in [4.69, 9.17) is 28.9 Å². The standard InChI is InChI=1S/C14H21Cl2N3O/c1-2-9-3-5-14(20,6-4-9)8-18-13-11(16)7-10(15)12(17)19-13/h7,9,20H,2-6,8H2,1H3,(H3,17,18,19). The first-order valence-corrected chi connectivity index (χ1v) is 7.77. The van der Waals surface area contributed by atoms with Crippen molar-refractivity contribution in [2.45, 2.75) is 44.6 Å². The zero-order chi connectivity index (χ0) is 14.8. The van der Waals surface area contributed by atoms with Crippen LogP contribution in [-0.2, 0) is 0 Å². The minimum atomic E-state index is -0.689. The molecule has 0 bridgehead atoms. The lowest BCUT2D eigenvalue weighted by Crippen LogP contribution is -2.40. The Morgan fingerprint density at radius 2 is 2.05 bits per heavy atom. The molecule has 20 heavy (non-hydrogen) atoms. The van der Waals surface area contributed by atoms with E-state index in [1.165, 1.54) is 6.42 Å². The molecule has 1 fully saturated rings. The van der Waals surface area contributed by atoms with Gasteiger partial charge in [-0.2, -0.15) is 0 Å². The van der Waals surface area contributed by atoms with Crippen LogP contribution >= 0.6 is 23.2 Å². The van der Waals surface area contributed by atoms with Gasteiger partial charge in [-0.25, -0.2) is 4.98 Å². The molecule has 0 saturated heterocycles. The quantitative estimate of drug-likeness (QED) is 0.791. The lowest BCUT2D eigenvalue weighted by molar-refractivity contribution is 0.00223. The van der Waals surface area contributed by atoms with Gasteiger partial charge in [0.15, 0.2) is 0 Å². The van der Waals surface area contributed by atoms with E-state index in [9.17, 15) is 5.11 Å². The van der Waals surface area contributed by atoms with Crippen molar-refractivity contribution in [1.29, 1.82) is 0 Å². The Labute approximate surface area is 129 Å². The molecule has 0 aromatic carbocycles. The number of hydrogen-bond acceptors (Lipinski definition) is 4. The van der Waals surface area contributed by atoms with Crippen LogP contribution < -0.4 is 11.1 Å². The number of anilines is 2. The number of nitrogens with two attached hydrogens (primary N) is 1. The number of nitrogens with one attached hydrogen (secondary N) is 1. The van der Waals surface area contributed by atoms with E-state index >= 15 is 0 Å². The summed E-state index contributed by atoms with van der Waals surface area (Å²) in [5.41, 5.74) is 4.97. The molecule has 6 heteroatoms. The molecular weight excluding hydrogens is 297 g/mol. The van der Waals surface area contributed by atoms with E-state index in [0.717, 1.165) is 31.6 Å². The molecule has 2 rings (SSSR count). The second kappa shape index (κ2) is 6.37. The SMILES string of the molecule is CCC1CCC(O)(CNc2nc(N)c(Cl)cc2Cl)CC1. The van der Waals surface area contributed by atoms with Gasteiger partial charge < -0.3 is 16.2 Å². The van der Waals surface area contributed by atoms with Crippen molar-refractivity contribution >= 4 is 34.8 Å². The van der Waals surface area contributed by atoms with Crippen molar-refractivity contribution in [3.8, 4) is 0 Å². The zero-order valence-electron chi connectivity index (χ0n) is 11.6. The van der Waals surface area contributed by atoms with Gasteiger partial charge in [0.2, 0.25) is 0 Å². The molecule has 0 unspecified atom stereocenters. The Morgan fingerprint density at radius 1 is 1.40 bits per heavy atom. The van der Waals surface area contributed by atoms with Gasteiger partial charge in [-0.05, 0) is 37.7 Å². The van der Waals surface area contributed by atoms with Crippen LogP contribution in [0.15, 0.2) is 6.07 Å². The number of aliphatic hydroxyl groups is 1.